The van der Waals surface area contributed by atoms with E-state index < -0.39 is 4.92 Å². The summed E-state index contributed by atoms with van der Waals surface area (Å²) in [4.78, 5) is 14.4. The van der Waals surface area contributed by atoms with Gasteiger partial charge in [-0.1, -0.05) is 18.2 Å². The van der Waals surface area contributed by atoms with Crippen molar-refractivity contribution in [2.75, 3.05) is 10.6 Å². The first-order valence-corrected chi connectivity index (χ1v) is 7.87. The molecule has 0 radical (unpaired) electrons. The van der Waals surface area contributed by atoms with Gasteiger partial charge in [-0.2, -0.15) is 0 Å². The minimum absolute atomic E-state index is 0.0460. The van der Waals surface area contributed by atoms with Crippen LogP contribution in [0.15, 0.2) is 54.9 Å². The van der Waals surface area contributed by atoms with Crippen LogP contribution < -0.4 is 10.6 Å². The van der Waals surface area contributed by atoms with Crippen molar-refractivity contribution >= 4 is 34.7 Å². The standard InChI is InChI=1S/C16H13FN6O2S/c17-12-4-1-3-11(7-12)9-22-10-18-15(21-22)20-16(26)19-13-5-2-6-14(8-13)23(24)25/h1-8,10H,9H2,(H2,19,20,21,26). The molecular formula is C16H13FN6O2S. The van der Waals surface area contributed by atoms with Crippen molar-refractivity contribution in [3.8, 4) is 0 Å². The van der Waals surface area contributed by atoms with E-state index in [9.17, 15) is 14.5 Å². The zero-order valence-corrected chi connectivity index (χ0v) is 14.1. The molecular weight excluding hydrogens is 359 g/mol. The highest BCUT2D eigenvalue weighted by Crippen LogP contribution is 2.17. The maximum Gasteiger partial charge on any atom is 0.271 e. The summed E-state index contributed by atoms with van der Waals surface area (Å²) in [7, 11) is 0. The number of nitro benzene ring substituents is 1. The first kappa shape index (κ1) is 17.4. The summed E-state index contributed by atoms with van der Waals surface area (Å²) < 4.78 is 14.7. The lowest BCUT2D eigenvalue weighted by atomic mass is 10.2. The van der Waals surface area contributed by atoms with Gasteiger partial charge in [-0.25, -0.2) is 14.1 Å². The molecule has 8 nitrogen and oxygen atoms in total. The second kappa shape index (κ2) is 7.66. The lowest BCUT2D eigenvalue weighted by Crippen LogP contribution is -2.20. The van der Waals surface area contributed by atoms with Crippen molar-refractivity contribution in [3.63, 3.8) is 0 Å². The number of rotatable bonds is 5. The Hall–Kier alpha value is -3.40. The molecule has 2 N–H and O–H groups in total. The van der Waals surface area contributed by atoms with Gasteiger partial charge in [0.15, 0.2) is 5.11 Å². The number of non-ortho nitro benzene ring substituents is 1. The van der Waals surface area contributed by atoms with Crippen LogP contribution in [0.3, 0.4) is 0 Å². The van der Waals surface area contributed by atoms with Crippen molar-refractivity contribution in [1.29, 1.82) is 0 Å². The molecule has 132 valence electrons. The van der Waals surface area contributed by atoms with E-state index in [-0.39, 0.29) is 22.6 Å². The molecule has 0 unspecified atom stereocenters. The Labute approximate surface area is 152 Å². The highest BCUT2D eigenvalue weighted by atomic mass is 32.1. The van der Waals surface area contributed by atoms with Crippen molar-refractivity contribution in [2.24, 2.45) is 0 Å². The predicted octanol–water partition coefficient (Wildman–Crippen LogP) is 3.18. The smallest absolute Gasteiger partial charge is 0.271 e. The molecule has 0 bridgehead atoms. The average Bonchev–Trinajstić information content (AvgIpc) is 3.01. The van der Waals surface area contributed by atoms with Crippen LogP contribution in [0, 0.1) is 15.9 Å². The zero-order valence-electron chi connectivity index (χ0n) is 13.3. The third-order valence-electron chi connectivity index (χ3n) is 3.31. The monoisotopic (exact) mass is 372 g/mol. The Morgan fingerprint density at radius 2 is 2.04 bits per heavy atom. The second-order valence-electron chi connectivity index (χ2n) is 5.28. The maximum absolute atomic E-state index is 13.2. The minimum Gasteiger partial charge on any atom is -0.332 e. The summed E-state index contributed by atoms with van der Waals surface area (Å²) >= 11 is 5.15. The van der Waals surface area contributed by atoms with Crippen LogP contribution >= 0.6 is 12.2 Å². The average molecular weight is 372 g/mol. The van der Waals surface area contributed by atoms with E-state index >= 15 is 0 Å². The fraction of sp³-hybridized carbons (Fsp3) is 0.0625. The summed E-state index contributed by atoms with van der Waals surface area (Å²) in [6.07, 6.45) is 1.49. The van der Waals surface area contributed by atoms with E-state index in [1.807, 2.05) is 0 Å². The number of anilines is 2. The fourth-order valence-corrected chi connectivity index (χ4v) is 2.42. The first-order chi connectivity index (χ1) is 12.5. The summed E-state index contributed by atoms with van der Waals surface area (Å²) in [5, 5.41) is 20.8. The third kappa shape index (κ3) is 4.57. The summed E-state index contributed by atoms with van der Waals surface area (Å²) in [6, 6.07) is 12.2. The Morgan fingerprint density at radius 3 is 2.81 bits per heavy atom. The van der Waals surface area contributed by atoms with Crippen LogP contribution in [0.4, 0.5) is 21.7 Å². The molecule has 10 heteroatoms. The van der Waals surface area contributed by atoms with Crippen LogP contribution in [-0.2, 0) is 6.54 Å². The van der Waals surface area contributed by atoms with Gasteiger partial charge in [-0.3, -0.25) is 15.4 Å². The Balaban J connectivity index is 1.61. The quantitative estimate of drug-likeness (QED) is 0.403. The largest absolute Gasteiger partial charge is 0.332 e. The van der Waals surface area contributed by atoms with Gasteiger partial charge in [-0.05, 0) is 36.0 Å². The van der Waals surface area contributed by atoms with Crippen molar-refractivity contribution in [1.82, 2.24) is 14.8 Å². The van der Waals surface area contributed by atoms with Gasteiger partial charge < -0.3 is 5.32 Å². The number of nitrogens with one attached hydrogen (secondary N) is 2. The van der Waals surface area contributed by atoms with Crippen LogP contribution in [0.25, 0.3) is 0 Å². The lowest BCUT2D eigenvalue weighted by Gasteiger charge is -2.07. The Morgan fingerprint density at radius 1 is 1.23 bits per heavy atom. The number of thiocarbonyl (C=S) groups is 1. The highest BCUT2D eigenvalue weighted by molar-refractivity contribution is 7.80. The van der Waals surface area contributed by atoms with E-state index in [0.29, 0.717) is 12.2 Å². The molecule has 3 rings (SSSR count). The van der Waals surface area contributed by atoms with Crippen LogP contribution in [0.2, 0.25) is 0 Å². The van der Waals surface area contributed by atoms with E-state index in [0.717, 1.165) is 5.56 Å². The van der Waals surface area contributed by atoms with Gasteiger partial charge in [0.1, 0.15) is 12.1 Å². The normalized spacial score (nSPS) is 10.3. The molecule has 0 aliphatic heterocycles. The molecule has 0 aliphatic rings. The molecule has 0 amide bonds. The molecule has 0 saturated carbocycles. The fourth-order valence-electron chi connectivity index (χ4n) is 2.21. The Kier molecular flexibility index (Phi) is 5.13. The third-order valence-corrected chi connectivity index (χ3v) is 3.51. The number of hydrogen-bond acceptors (Lipinski definition) is 5. The van der Waals surface area contributed by atoms with Gasteiger partial charge in [0.2, 0.25) is 5.95 Å². The van der Waals surface area contributed by atoms with Gasteiger partial charge in [0, 0.05) is 17.8 Å². The van der Waals surface area contributed by atoms with Gasteiger partial charge in [0.25, 0.3) is 5.69 Å². The van der Waals surface area contributed by atoms with Gasteiger partial charge >= 0.3 is 0 Å². The van der Waals surface area contributed by atoms with Crippen molar-refractivity contribution in [3.05, 3.63) is 76.4 Å². The number of nitrogens with zero attached hydrogens (tertiary/aromatic N) is 4. The summed E-state index contributed by atoms with van der Waals surface area (Å²) in [5.74, 6) is -0.0624. The topological polar surface area (TPSA) is 97.9 Å². The van der Waals surface area contributed by atoms with E-state index in [1.54, 1.807) is 24.3 Å². The van der Waals surface area contributed by atoms with E-state index in [2.05, 4.69) is 20.7 Å². The van der Waals surface area contributed by atoms with E-state index in [4.69, 9.17) is 12.2 Å². The molecule has 3 aromatic rings. The summed E-state index contributed by atoms with van der Waals surface area (Å²) in [6.45, 7) is 0.359. The zero-order chi connectivity index (χ0) is 18.5. The predicted molar refractivity (Wildman–Crippen MR) is 98.5 cm³/mol. The number of hydrogen-bond donors (Lipinski definition) is 2. The molecule has 1 heterocycles. The number of aromatic nitrogens is 3. The number of nitro groups is 1. The molecule has 0 fully saturated rings. The minimum atomic E-state index is -0.489. The second-order valence-corrected chi connectivity index (χ2v) is 5.69. The van der Waals surface area contributed by atoms with Crippen molar-refractivity contribution in [2.45, 2.75) is 6.54 Å². The van der Waals surface area contributed by atoms with Crippen LogP contribution in [-0.4, -0.2) is 24.8 Å². The van der Waals surface area contributed by atoms with Gasteiger partial charge in [0.05, 0.1) is 11.5 Å². The van der Waals surface area contributed by atoms with Crippen LogP contribution in [0.1, 0.15) is 5.56 Å². The number of benzene rings is 2. The molecule has 26 heavy (non-hydrogen) atoms. The molecule has 0 aliphatic carbocycles. The van der Waals surface area contributed by atoms with Gasteiger partial charge in [-0.15, -0.1) is 5.10 Å². The molecule has 0 spiro atoms. The van der Waals surface area contributed by atoms with Crippen molar-refractivity contribution < 1.29 is 9.31 Å². The lowest BCUT2D eigenvalue weighted by molar-refractivity contribution is -0.384. The first-order valence-electron chi connectivity index (χ1n) is 7.46. The Bertz CT molecular complexity index is 961. The summed E-state index contributed by atoms with van der Waals surface area (Å²) in [5.41, 5.74) is 1.17. The maximum atomic E-state index is 13.2. The molecule has 0 saturated heterocycles. The number of halogens is 1. The SMILES string of the molecule is O=[N+]([O-])c1cccc(NC(=S)Nc2ncn(Cc3cccc(F)c3)n2)c1. The highest BCUT2D eigenvalue weighted by Gasteiger charge is 2.08. The molecule has 1 aromatic heterocycles. The molecule has 2 aromatic carbocycles. The van der Waals surface area contributed by atoms with Crippen LogP contribution in [0.5, 0.6) is 0 Å². The van der Waals surface area contributed by atoms with E-state index in [1.165, 1.54) is 35.3 Å². The molecule has 0 atom stereocenters.